The van der Waals surface area contributed by atoms with Crippen LogP contribution in [0.3, 0.4) is 0 Å². The van der Waals surface area contributed by atoms with Crippen molar-refractivity contribution >= 4 is 11.6 Å². The summed E-state index contributed by atoms with van der Waals surface area (Å²) in [4.78, 5) is 0. The molecule has 2 heterocycles. The van der Waals surface area contributed by atoms with Gasteiger partial charge in [-0.2, -0.15) is 10.2 Å². The van der Waals surface area contributed by atoms with E-state index in [-0.39, 0.29) is 0 Å². The number of nitrogens with zero attached hydrogens (tertiary/aromatic N) is 2. The van der Waals surface area contributed by atoms with Crippen LogP contribution in [0.2, 0.25) is 0 Å². The molecule has 0 saturated heterocycles. The van der Waals surface area contributed by atoms with Gasteiger partial charge in [-0.1, -0.05) is 60.7 Å². The summed E-state index contributed by atoms with van der Waals surface area (Å²) in [6.45, 7) is 1.49. The van der Waals surface area contributed by atoms with Crippen LogP contribution in [0.4, 0.5) is 11.6 Å². The zero-order valence-corrected chi connectivity index (χ0v) is 14.2. The van der Waals surface area contributed by atoms with Crippen LogP contribution in [0.25, 0.3) is 22.5 Å². The third kappa shape index (κ3) is 3.75. The first-order valence-corrected chi connectivity index (χ1v) is 8.58. The Morgan fingerprint density at radius 2 is 1.04 bits per heavy atom. The van der Waals surface area contributed by atoms with Crippen LogP contribution in [0.1, 0.15) is 0 Å². The molecule has 6 nitrogen and oxygen atoms in total. The van der Waals surface area contributed by atoms with Crippen LogP contribution >= 0.6 is 0 Å². The van der Waals surface area contributed by atoms with E-state index in [4.69, 9.17) is 0 Å². The summed E-state index contributed by atoms with van der Waals surface area (Å²) >= 11 is 0. The molecule has 0 bridgehead atoms. The molecule has 26 heavy (non-hydrogen) atoms. The van der Waals surface area contributed by atoms with Crippen LogP contribution in [-0.2, 0) is 0 Å². The lowest BCUT2D eigenvalue weighted by Gasteiger charge is -2.03. The van der Waals surface area contributed by atoms with Crippen LogP contribution in [0.15, 0.2) is 72.8 Å². The first-order valence-electron chi connectivity index (χ1n) is 8.58. The number of anilines is 2. The summed E-state index contributed by atoms with van der Waals surface area (Å²) in [5, 5.41) is 21.3. The average Bonchev–Trinajstić information content (AvgIpc) is 3.37. The lowest BCUT2D eigenvalue weighted by Crippen LogP contribution is -2.13. The minimum absolute atomic E-state index is 0.743. The Morgan fingerprint density at radius 1 is 0.615 bits per heavy atom. The summed E-state index contributed by atoms with van der Waals surface area (Å²) in [6.07, 6.45) is 0. The Bertz CT molecular complexity index is 863. The molecule has 4 aromatic rings. The van der Waals surface area contributed by atoms with E-state index in [9.17, 15) is 0 Å². The number of rotatable bonds is 7. The van der Waals surface area contributed by atoms with E-state index < -0.39 is 0 Å². The molecule has 0 atom stereocenters. The van der Waals surface area contributed by atoms with Gasteiger partial charge in [0.15, 0.2) is 0 Å². The Labute approximate surface area is 151 Å². The van der Waals surface area contributed by atoms with Gasteiger partial charge in [0.25, 0.3) is 0 Å². The number of H-pyrrole nitrogens is 2. The van der Waals surface area contributed by atoms with Crippen molar-refractivity contribution in [3.8, 4) is 22.5 Å². The highest BCUT2D eigenvalue weighted by molar-refractivity contribution is 5.63. The number of benzene rings is 2. The van der Waals surface area contributed by atoms with Crippen LogP contribution in [0.5, 0.6) is 0 Å². The van der Waals surface area contributed by atoms with Crippen LogP contribution < -0.4 is 10.6 Å². The second-order valence-corrected chi connectivity index (χ2v) is 5.92. The molecule has 4 rings (SSSR count). The molecule has 2 aromatic carbocycles. The Kier molecular flexibility index (Phi) is 4.64. The van der Waals surface area contributed by atoms with E-state index in [1.807, 2.05) is 48.5 Å². The smallest absolute Gasteiger partial charge is 0.148 e. The minimum Gasteiger partial charge on any atom is -0.367 e. The van der Waals surface area contributed by atoms with Crippen molar-refractivity contribution in [2.75, 3.05) is 23.7 Å². The van der Waals surface area contributed by atoms with Gasteiger partial charge in [-0.3, -0.25) is 10.2 Å². The second kappa shape index (κ2) is 7.57. The monoisotopic (exact) mass is 344 g/mol. The SMILES string of the molecule is c1ccc(-c2cc(NCCNc3cc(-c4ccccc4)[nH]n3)n[nH]2)cc1. The van der Waals surface area contributed by atoms with Crippen LogP contribution in [0, 0.1) is 0 Å². The van der Waals surface area contributed by atoms with Crippen molar-refractivity contribution < 1.29 is 0 Å². The van der Waals surface area contributed by atoms with Crippen LogP contribution in [-0.4, -0.2) is 33.5 Å². The fourth-order valence-electron chi connectivity index (χ4n) is 2.74. The van der Waals surface area contributed by atoms with Crippen molar-refractivity contribution in [2.45, 2.75) is 0 Å². The standard InChI is InChI=1S/C20H20N6/c1-3-7-15(8-4-1)17-13-19(25-23-17)21-11-12-22-20-14-18(24-26-20)16-9-5-2-6-10-16/h1-10,13-14H,11-12H2,(H2,21,23,25)(H2,22,24,26). The first kappa shape index (κ1) is 16.0. The molecule has 0 fully saturated rings. The minimum atomic E-state index is 0.743. The summed E-state index contributed by atoms with van der Waals surface area (Å²) in [6, 6.07) is 24.3. The van der Waals surface area contributed by atoms with E-state index in [1.165, 1.54) is 0 Å². The molecule has 2 aromatic heterocycles. The van der Waals surface area contributed by atoms with E-state index >= 15 is 0 Å². The molecule has 0 amide bonds. The highest BCUT2D eigenvalue weighted by Crippen LogP contribution is 2.20. The van der Waals surface area contributed by atoms with E-state index in [1.54, 1.807) is 0 Å². The fraction of sp³-hybridized carbons (Fsp3) is 0.100. The van der Waals surface area contributed by atoms with Crippen molar-refractivity contribution in [3.63, 3.8) is 0 Å². The fourth-order valence-corrected chi connectivity index (χ4v) is 2.74. The average molecular weight is 344 g/mol. The molecular weight excluding hydrogens is 324 g/mol. The lowest BCUT2D eigenvalue weighted by molar-refractivity contribution is 1.01. The molecule has 4 N–H and O–H groups in total. The maximum atomic E-state index is 4.30. The first-order chi connectivity index (χ1) is 12.9. The Morgan fingerprint density at radius 3 is 1.46 bits per heavy atom. The maximum absolute atomic E-state index is 4.30. The zero-order valence-electron chi connectivity index (χ0n) is 14.2. The van der Waals surface area contributed by atoms with Crippen molar-refractivity contribution in [1.29, 1.82) is 0 Å². The Hall–Kier alpha value is -3.54. The quantitative estimate of drug-likeness (QED) is 0.382. The molecular formula is C20H20N6. The summed E-state index contributed by atoms with van der Waals surface area (Å²) in [7, 11) is 0. The van der Waals surface area contributed by atoms with Gasteiger partial charge in [0.1, 0.15) is 11.6 Å². The van der Waals surface area contributed by atoms with Gasteiger partial charge in [-0.05, 0) is 11.1 Å². The second-order valence-electron chi connectivity index (χ2n) is 5.92. The van der Waals surface area contributed by atoms with E-state index in [0.29, 0.717) is 0 Å². The normalized spacial score (nSPS) is 10.6. The number of hydrogen-bond acceptors (Lipinski definition) is 4. The lowest BCUT2D eigenvalue weighted by atomic mass is 10.1. The van der Waals surface area contributed by atoms with Gasteiger partial charge < -0.3 is 10.6 Å². The number of nitrogens with one attached hydrogen (secondary N) is 4. The van der Waals surface area contributed by atoms with Gasteiger partial charge in [0.05, 0.1) is 11.4 Å². The summed E-state index contributed by atoms with van der Waals surface area (Å²) < 4.78 is 0. The predicted molar refractivity (Wildman–Crippen MR) is 105 cm³/mol. The van der Waals surface area contributed by atoms with Crippen molar-refractivity contribution in [1.82, 2.24) is 20.4 Å². The van der Waals surface area contributed by atoms with Crippen molar-refractivity contribution in [3.05, 3.63) is 72.8 Å². The third-order valence-electron chi connectivity index (χ3n) is 4.06. The molecule has 0 saturated carbocycles. The van der Waals surface area contributed by atoms with Gasteiger partial charge in [-0.25, -0.2) is 0 Å². The zero-order chi connectivity index (χ0) is 17.6. The number of aromatic nitrogens is 4. The van der Waals surface area contributed by atoms with Crippen molar-refractivity contribution in [2.24, 2.45) is 0 Å². The maximum Gasteiger partial charge on any atom is 0.148 e. The molecule has 0 aliphatic carbocycles. The van der Waals surface area contributed by atoms with Gasteiger partial charge in [0, 0.05) is 25.2 Å². The largest absolute Gasteiger partial charge is 0.367 e. The molecule has 0 aliphatic heterocycles. The molecule has 0 aliphatic rings. The number of hydrogen-bond donors (Lipinski definition) is 4. The summed E-state index contributed by atoms with van der Waals surface area (Å²) in [5.74, 6) is 1.66. The third-order valence-corrected chi connectivity index (χ3v) is 4.06. The number of aromatic amines is 2. The Balaban J connectivity index is 1.27. The highest BCUT2D eigenvalue weighted by atomic mass is 15.2. The predicted octanol–water partition coefficient (Wildman–Crippen LogP) is 3.99. The molecule has 0 unspecified atom stereocenters. The molecule has 130 valence electrons. The molecule has 6 heteroatoms. The summed E-state index contributed by atoms with van der Waals surface area (Å²) in [5.41, 5.74) is 4.24. The van der Waals surface area contributed by atoms with Gasteiger partial charge >= 0.3 is 0 Å². The van der Waals surface area contributed by atoms with Gasteiger partial charge in [0.2, 0.25) is 0 Å². The molecule has 0 spiro atoms. The topological polar surface area (TPSA) is 81.4 Å². The highest BCUT2D eigenvalue weighted by Gasteiger charge is 2.04. The molecule has 0 radical (unpaired) electrons. The van der Waals surface area contributed by atoms with Gasteiger partial charge in [-0.15, -0.1) is 0 Å². The van der Waals surface area contributed by atoms with E-state index in [2.05, 4.69) is 55.3 Å². The van der Waals surface area contributed by atoms with E-state index in [0.717, 1.165) is 47.2 Å².